The Morgan fingerprint density at radius 1 is 1.07 bits per heavy atom. The maximum atomic E-state index is 12.7. The minimum atomic E-state index is -0.510. The molecule has 0 spiro atoms. The summed E-state index contributed by atoms with van der Waals surface area (Å²) in [7, 11) is 1.64. The first-order valence-corrected chi connectivity index (χ1v) is 10.5. The molecular formula is C23H19N3O3S. The number of carbonyl (C=O) groups is 2. The highest BCUT2D eigenvalue weighted by molar-refractivity contribution is 7.12. The van der Waals surface area contributed by atoms with Gasteiger partial charge in [-0.25, -0.2) is 0 Å². The molecule has 1 atom stereocenters. The van der Waals surface area contributed by atoms with Crippen LogP contribution in [-0.4, -0.2) is 36.2 Å². The van der Waals surface area contributed by atoms with Crippen LogP contribution in [0.5, 0.6) is 5.75 Å². The van der Waals surface area contributed by atoms with Gasteiger partial charge in [0.05, 0.1) is 35.0 Å². The molecule has 2 aliphatic rings. The molecule has 0 N–H and O–H groups in total. The van der Waals surface area contributed by atoms with E-state index in [1.807, 2.05) is 46.8 Å². The van der Waals surface area contributed by atoms with Gasteiger partial charge in [-0.2, -0.15) is 5.10 Å². The van der Waals surface area contributed by atoms with Crippen LogP contribution in [0.15, 0.2) is 71.1 Å². The van der Waals surface area contributed by atoms with Gasteiger partial charge in [0.1, 0.15) is 12.4 Å². The van der Waals surface area contributed by atoms with Crippen molar-refractivity contribution in [2.45, 2.75) is 12.5 Å². The standard InChI is InChI=1S/C23H19N3O3S/c1-29-16-10-8-15(9-11-16)20-13-18(21-7-4-12-30-21)24-26(20)14-25-19-6-3-2-5-17(19)22(27)23(25)28/h2-12,20H,13-14H2,1H3/t20-/m1/s1. The number of amides is 1. The van der Waals surface area contributed by atoms with Crippen molar-refractivity contribution in [1.29, 1.82) is 0 Å². The normalized spacial score (nSPS) is 18.0. The molecule has 2 aromatic carbocycles. The number of hydrazone groups is 1. The molecule has 150 valence electrons. The second-order valence-electron chi connectivity index (χ2n) is 7.18. The predicted molar refractivity (Wildman–Crippen MR) is 116 cm³/mol. The van der Waals surface area contributed by atoms with Crippen LogP contribution in [0.3, 0.4) is 0 Å². The molecule has 0 saturated carbocycles. The number of para-hydroxylation sites is 1. The molecule has 0 unspecified atom stereocenters. The van der Waals surface area contributed by atoms with Crippen LogP contribution in [0.2, 0.25) is 0 Å². The molecule has 0 fully saturated rings. The molecule has 3 heterocycles. The van der Waals surface area contributed by atoms with Gasteiger partial charge in [0.25, 0.3) is 5.78 Å². The number of fused-ring (bicyclic) bond motifs is 1. The number of thiophene rings is 1. The van der Waals surface area contributed by atoms with E-state index in [0.717, 1.165) is 28.3 Å². The average Bonchev–Trinajstić information content (AvgIpc) is 3.51. The first-order chi connectivity index (χ1) is 14.7. The Labute approximate surface area is 178 Å². The molecule has 6 nitrogen and oxygen atoms in total. The third-order valence-corrected chi connectivity index (χ3v) is 6.39. The van der Waals surface area contributed by atoms with Gasteiger partial charge in [0, 0.05) is 6.42 Å². The van der Waals surface area contributed by atoms with E-state index in [4.69, 9.17) is 9.84 Å². The van der Waals surface area contributed by atoms with Crippen LogP contribution in [0.4, 0.5) is 5.69 Å². The van der Waals surface area contributed by atoms with Crippen molar-refractivity contribution in [2.75, 3.05) is 18.7 Å². The van der Waals surface area contributed by atoms with E-state index in [2.05, 4.69) is 6.07 Å². The molecule has 0 bridgehead atoms. The van der Waals surface area contributed by atoms with Gasteiger partial charge in [-0.15, -0.1) is 11.3 Å². The SMILES string of the molecule is COc1ccc([C@H]2CC(c3cccs3)=NN2CN2C(=O)C(=O)c3ccccc32)cc1. The fraction of sp³-hybridized carbons (Fsp3) is 0.174. The van der Waals surface area contributed by atoms with Crippen molar-refractivity contribution in [2.24, 2.45) is 5.10 Å². The van der Waals surface area contributed by atoms with Crippen molar-refractivity contribution in [3.63, 3.8) is 0 Å². The summed E-state index contributed by atoms with van der Waals surface area (Å²) >= 11 is 1.65. The maximum Gasteiger partial charge on any atom is 0.301 e. The summed E-state index contributed by atoms with van der Waals surface area (Å²) < 4.78 is 5.28. The minimum Gasteiger partial charge on any atom is -0.497 e. The highest BCUT2D eigenvalue weighted by Gasteiger charge is 2.39. The molecule has 5 rings (SSSR count). The van der Waals surface area contributed by atoms with Gasteiger partial charge in [-0.3, -0.25) is 19.5 Å². The van der Waals surface area contributed by atoms with Crippen molar-refractivity contribution in [1.82, 2.24) is 5.01 Å². The Morgan fingerprint density at radius 3 is 2.60 bits per heavy atom. The van der Waals surface area contributed by atoms with Crippen molar-refractivity contribution in [3.05, 3.63) is 82.0 Å². The monoisotopic (exact) mass is 417 g/mol. The third kappa shape index (κ3) is 3.07. The second kappa shape index (κ2) is 7.42. The van der Waals surface area contributed by atoms with Gasteiger partial charge < -0.3 is 4.74 Å². The van der Waals surface area contributed by atoms with Crippen molar-refractivity contribution < 1.29 is 14.3 Å². The number of carbonyl (C=O) groups excluding carboxylic acids is 2. The molecule has 30 heavy (non-hydrogen) atoms. The Hall–Kier alpha value is -3.45. The lowest BCUT2D eigenvalue weighted by molar-refractivity contribution is -0.114. The van der Waals surface area contributed by atoms with Gasteiger partial charge in [-0.05, 0) is 41.3 Å². The molecule has 2 aliphatic heterocycles. The van der Waals surface area contributed by atoms with Crippen LogP contribution in [-0.2, 0) is 4.79 Å². The van der Waals surface area contributed by atoms with E-state index in [1.54, 1.807) is 36.6 Å². The molecule has 1 aromatic heterocycles. The summed E-state index contributed by atoms with van der Waals surface area (Å²) in [5.41, 5.74) is 3.15. The summed E-state index contributed by atoms with van der Waals surface area (Å²) in [5.74, 6) is -0.186. The number of benzene rings is 2. The molecule has 0 radical (unpaired) electrons. The fourth-order valence-corrected chi connectivity index (χ4v) is 4.65. The van der Waals surface area contributed by atoms with E-state index in [0.29, 0.717) is 11.3 Å². The van der Waals surface area contributed by atoms with Crippen LogP contribution in [0.1, 0.15) is 33.3 Å². The quantitative estimate of drug-likeness (QED) is 0.587. The Balaban J connectivity index is 1.49. The number of hydrogen-bond donors (Lipinski definition) is 0. The van der Waals surface area contributed by atoms with Crippen LogP contribution < -0.4 is 9.64 Å². The number of ether oxygens (including phenoxy) is 1. The topological polar surface area (TPSA) is 62.2 Å². The lowest BCUT2D eigenvalue weighted by Crippen LogP contribution is -2.39. The molecule has 0 saturated heterocycles. The lowest BCUT2D eigenvalue weighted by atomic mass is 10.0. The number of hydrogen-bond acceptors (Lipinski definition) is 6. The summed E-state index contributed by atoms with van der Waals surface area (Å²) in [6.07, 6.45) is 0.727. The van der Waals surface area contributed by atoms with Crippen molar-refractivity contribution in [3.8, 4) is 5.75 Å². The largest absolute Gasteiger partial charge is 0.497 e. The zero-order valence-electron chi connectivity index (χ0n) is 16.3. The zero-order valence-corrected chi connectivity index (χ0v) is 17.1. The number of Topliss-reactive ketones (excluding diaryl/α,β-unsaturated/α-hetero) is 1. The molecule has 3 aromatic rings. The second-order valence-corrected chi connectivity index (χ2v) is 8.13. The first kappa shape index (κ1) is 18.6. The fourth-order valence-electron chi connectivity index (χ4n) is 3.93. The molecular weight excluding hydrogens is 398 g/mol. The lowest BCUT2D eigenvalue weighted by Gasteiger charge is -2.28. The molecule has 7 heteroatoms. The molecule has 0 aliphatic carbocycles. The summed E-state index contributed by atoms with van der Waals surface area (Å²) in [4.78, 5) is 27.7. The predicted octanol–water partition coefficient (Wildman–Crippen LogP) is 4.09. The Bertz CT molecular complexity index is 1140. The highest BCUT2D eigenvalue weighted by atomic mass is 32.1. The van der Waals surface area contributed by atoms with E-state index in [9.17, 15) is 9.59 Å². The first-order valence-electron chi connectivity index (χ1n) is 9.63. The number of ketones is 1. The number of rotatable bonds is 5. The van der Waals surface area contributed by atoms with Crippen molar-refractivity contribution >= 4 is 34.4 Å². The van der Waals surface area contributed by atoms with Crippen LogP contribution >= 0.6 is 11.3 Å². The smallest absolute Gasteiger partial charge is 0.301 e. The number of anilines is 1. The highest BCUT2D eigenvalue weighted by Crippen LogP contribution is 2.36. The molecule has 1 amide bonds. The van der Waals surface area contributed by atoms with E-state index < -0.39 is 11.7 Å². The van der Waals surface area contributed by atoms with Gasteiger partial charge >= 0.3 is 5.91 Å². The van der Waals surface area contributed by atoms with Gasteiger partial charge in [0.2, 0.25) is 0 Å². The van der Waals surface area contributed by atoms with E-state index >= 15 is 0 Å². The van der Waals surface area contributed by atoms with Crippen LogP contribution in [0, 0.1) is 0 Å². The summed E-state index contributed by atoms with van der Waals surface area (Å²) in [5, 5.41) is 8.79. The zero-order chi connectivity index (χ0) is 20.7. The van der Waals surface area contributed by atoms with Crippen LogP contribution in [0.25, 0.3) is 0 Å². The maximum absolute atomic E-state index is 12.7. The van der Waals surface area contributed by atoms with Gasteiger partial charge in [-0.1, -0.05) is 30.3 Å². The summed E-state index contributed by atoms with van der Waals surface area (Å²) in [6, 6.07) is 19.0. The average molecular weight is 417 g/mol. The third-order valence-electron chi connectivity index (χ3n) is 5.47. The Morgan fingerprint density at radius 2 is 1.87 bits per heavy atom. The van der Waals surface area contributed by atoms with Gasteiger partial charge in [0.15, 0.2) is 0 Å². The Kier molecular flexibility index (Phi) is 4.59. The van der Waals surface area contributed by atoms with E-state index in [-0.39, 0.29) is 12.7 Å². The van der Waals surface area contributed by atoms with E-state index in [1.165, 1.54) is 4.90 Å². The number of methoxy groups -OCH3 is 1. The minimum absolute atomic E-state index is 0.0383. The summed E-state index contributed by atoms with van der Waals surface area (Å²) in [6.45, 7) is 0.215. The number of nitrogens with zero attached hydrogens (tertiary/aromatic N) is 3.